The molecule has 0 aliphatic carbocycles. The van der Waals surface area contributed by atoms with E-state index in [2.05, 4.69) is 0 Å². The number of rotatable bonds is 9. The van der Waals surface area contributed by atoms with Gasteiger partial charge in [0.05, 0.1) is 19.3 Å². The highest BCUT2D eigenvalue weighted by atomic mass is 16.8. The maximum Gasteiger partial charge on any atom is 0.239 e. The SMILES string of the molecule is CC1O[C@@H](OCC2O[C@@H](Oc3c(-c4ccc(O)c(O)c4)oc4cc(O)cc(O)c4c3=O)C(O[C@@H]3OC(CO)[C@@H](O)C(O)C3O)C(O)[C@H]2O)C(O)C(O)[C@H]1O. The van der Waals surface area contributed by atoms with Crippen molar-refractivity contribution in [2.75, 3.05) is 13.2 Å². The molecule has 15 atom stereocenters. The van der Waals surface area contributed by atoms with Crippen LogP contribution in [0.25, 0.3) is 22.3 Å². The number of hydrogen-bond acceptors (Lipinski definition) is 21. The van der Waals surface area contributed by atoms with Gasteiger partial charge in [-0.3, -0.25) is 4.79 Å². The van der Waals surface area contributed by atoms with Crippen molar-refractivity contribution in [2.45, 2.75) is 99.0 Å². The third-order valence-corrected chi connectivity index (χ3v) is 9.41. The second-order valence-electron chi connectivity index (χ2n) is 13.1. The van der Waals surface area contributed by atoms with Gasteiger partial charge in [0.1, 0.15) is 83.5 Å². The zero-order valence-electron chi connectivity index (χ0n) is 28.0. The van der Waals surface area contributed by atoms with Gasteiger partial charge in [-0.1, -0.05) is 0 Å². The van der Waals surface area contributed by atoms with Gasteiger partial charge < -0.3 is 99.2 Å². The molecule has 9 unspecified atom stereocenters. The maximum atomic E-state index is 14.1. The fourth-order valence-corrected chi connectivity index (χ4v) is 6.30. The molecule has 3 saturated heterocycles. The van der Waals surface area contributed by atoms with Gasteiger partial charge in [0.2, 0.25) is 17.5 Å². The molecule has 3 aliphatic rings. The van der Waals surface area contributed by atoms with Crippen LogP contribution in [0.15, 0.2) is 39.5 Å². The van der Waals surface area contributed by atoms with Gasteiger partial charge in [-0.15, -0.1) is 0 Å². The Balaban J connectivity index is 1.40. The van der Waals surface area contributed by atoms with Crippen LogP contribution in [-0.4, -0.2) is 172 Å². The van der Waals surface area contributed by atoms with Crippen LogP contribution >= 0.6 is 0 Å². The second kappa shape index (κ2) is 15.7. The molecule has 21 heteroatoms. The average molecular weight is 773 g/mol. The zero-order chi connectivity index (χ0) is 39.3. The predicted molar refractivity (Wildman–Crippen MR) is 173 cm³/mol. The lowest BCUT2D eigenvalue weighted by Gasteiger charge is -2.46. The fraction of sp³-hybridized carbons (Fsp3) is 0.545. The van der Waals surface area contributed by atoms with E-state index < -0.39 is 151 Å². The monoisotopic (exact) mass is 772 g/mol. The van der Waals surface area contributed by atoms with E-state index in [1.807, 2.05) is 0 Å². The first-order valence-electron chi connectivity index (χ1n) is 16.5. The summed E-state index contributed by atoms with van der Waals surface area (Å²) >= 11 is 0. The normalized spacial score (nSPS) is 37.3. The molecular weight excluding hydrogens is 732 g/mol. The molecule has 3 aromatic rings. The molecule has 2 aromatic carbocycles. The summed E-state index contributed by atoms with van der Waals surface area (Å²) in [4.78, 5) is 14.1. The van der Waals surface area contributed by atoms with Gasteiger partial charge in [0, 0.05) is 17.7 Å². The minimum Gasteiger partial charge on any atom is -0.508 e. The van der Waals surface area contributed by atoms with Gasteiger partial charge in [0.15, 0.2) is 35.9 Å². The first kappa shape index (κ1) is 39.8. The minimum absolute atomic E-state index is 0.122. The number of hydrogen-bond donors (Lipinski definition) is 13. The molecule has 298 valence electrons. The molecule has 4 heterocycles. The van der Waals surface area contributed by atoms with Gasteiger partial charge in [-0.25, -0.2) is 0 Å². The van der Waals surface area contributed by atoms with Crippen LogP contribution < -0.4 is 10.2 Å². The quantitative estimate of drug-likeness (QED) is 0.0925. The summed E-state index contributed by atoms with van der Waals surface area (Å²) < 4.78 is 39.8. The van der Waals surface area contributed by atoms with Crippen LogP contribution in [0.4, 0.5) is 0 Å². The topological polar surface area (TPSA) is 349 Å². The largest absolute Gasteiger partial charge is 0.508 e. The van der Waals surface area contributed by atoms with Crippen molar-refractivity contribution in [3.63, 3.8) is 0 Å². The molecule has 6 rings (SSSR count). The van der Waals surface area contributed by atoms with Crippen LogP contribution in [0.2, 0.25) is 0 Å². The first-order chi connectivity index (χ1) is 25.5. The van der Waals surface area contributed by atoms with Crippen molar-refractivity contribution in [1.82, 2.24) is 0 Å². The Morgan fingerprint density at radius 3 is 2.00 bits per heavy atom. The molecule has 0 saturated carbocycles. The average Bonchev–Trinajstić information content (AvgIpc) is 3.13. The van der Waals surface area contributed by atoms with Crippen molar-refractivity contribution in [3.05, 3.63) is 40.6 Å². The summed E-state index contributed by atoms with van der Waals surface area (Å²) in [7, 11) is 0. The number of ether oxygens (including phenoxy) is 6. The van der Waals surface area contributed by atoms with Crippen molar-refractivity contribution in [3.8, 4) is 40.1 Å². The molecule has 3 aliphatic heterocycles. The van der Waals surface area contributed by atoms with Crippen LogP contribution in [0.1, 0.15) is 6.92 Å². The fourth-order valence-electron chi connectivity index (χ4n) is 6.30. The third-order valence-electron chi connectivity index (χ3n) is 9.41. The lowest BCUT2D eigenvalue weighted by molar-refractivity contribution is -0.362. The zero-order valence-corrected chi connectivity index (χ0v) is 28.0. The van der Waals surface area contributed by atoms with E-state index in [0.717, 1.165) is 24.3 Å². The van der Waals surface area contributed by atoms with Crippen LogP contribution in [0, 0.1) is 0 Å². The summed E-state index contributed by atoms with van der Waals surface area (Å²) in [6, 6.07) is 5.00. The summed E-state index contributed by atoms with van der Waals surface area (Å²) in [6.45, 7) is -0.209. The maximum absolute atomic E-state index is 14.1. The summed E-state index contributed by atoms with van der Waals surface area (Å²) in [5.74, 6) is -3.82. The summed E-state index contributed by atoms with van der Waals surface area (Å²) in [6.07, 6.45) is -26.6. The molecule has 13 N–H and O–H groups in total. The Morgan fingerprint density at radius 1 is 0.667 bits per heavy atom. The first-order valence-corrected chi connectivity index (χ1v) is 16.5. The number of fused-ring (bicyclic) bond motifs is 1. The summed E-state index contributed by atoms with van der Waals surface area (Å²) in [5.41, 5.74) is -1.62. The number of aliphatic hydroxyl groups excluding tert-OH is 9. The van der Waals surface area contributed by atoms with Crippen molar-refractivity contribution < 1.29 is 99.2 Å². The molecule has 0 spiro atoms. The Bertz CT molecular complexity index is 1850. The number of phenols is 4. The number of phenolic OH excluding ortho intramolecular Hbond substituents is 4. The lowest BCUT2D eigenvalue weighted by atomic mass is 9.97. The van der Waals surface area contributed by atoms with E-state index in [9.17, 15) is 71.2 Å². The number of aliphatic hydroxyl groups is 9. The van der Waals surface area contributed by atoms with Gasteiger partial charge in [-0.05, 0) is 25.1 Å². The summed E-state index contributed by atoms with van der Waals surface area (Å²) in [5, 5.41) is 135. The Hall–Kier alpha value is -3.91. The van der Waals surface area contributed by atoms with E-state index in [1.165, 1.54) is 13.0 Å². The van der Waals surface area contributed by atoms with Crippen molar-refractivity contribution in [1.29, 1.82) is 0 Å². The molecule has 54 heavy (non-hydrogen) atoms. The Labute approximate surface area is 303 Å². The van der Waals surface area contributed by atoms with E-state index >= 15 is 0 Å². The highest BCUT2D eigenvalue weighted by molar-refractivity contribution is 5.88. The number of benzene rings is 2. The minimum atomic E-state index is -2.10. The van der Waals surface area contributed by atoms with E-state index in [4.69, 9.17) is 32.8 Å². The van der Waals surface area contributed by atoms with Crippen LogP contribution in [-0.2, 0) is 23.7 Å². The highest BCUT2D eigenvalue weighted by Gasteiger charge is 2.52. The van der Waals surface area contributed by atoms with Gasteiger partial charge in [0.25, 0.3) is 0 Å². The molecule has 21 nitrogen and oxygen atoms in total. The molecule has 1 aromatic heterocycles. The standard InChI is InChI=1S/C33H40O21/c1-9-19(39)23(43)26(46)31(49-9)48-8-17-21(41)25(45)30(54-32-27(47)24(44)20(40)16(7-34)51-32)33(52-17)53-29-22(42)18-14(38)5-11(35)6-15(18)50-28(29)10-2-3-12(36)13(37)4-10/h2-6,9,16-17,19-21,23-27,30-41,43-47H,7-8H2,1H3/t9?,16?,17?,19-,20+,21-,23?,24?,25?,26?,27?,30?,31+,32-,33-/m0/s1. The van der Waals surface area contributed by atoms with E-state index in [-0.39, 0.29) is 11.1 Å². The molecular formula is C33H40O21. The smallest absolute Gasteiger partial charge is 0.239 e. The van der Waals surface area contributed by atoms with E-state index in [0.29, 0.717) is 0 Å². The second-order valence-corrected chi connectivity index (χ2v) is 13.1. The van der Waals surface area contributed by atoms with Crippen LogP contribution in [0.5, 0.6) is 28.7 Å². The number of aromatic hydroxyl groups is 4. The van der Waals surface area contributed by atoms with Crippen molar-refractivity contribution >= 4 is 11.0 Å². The highest BCUT2D eigenvalue weighted by Crippen LogP contribution is 2.40. The predicted octanol–water partition coefficient (Wildman–Crippen LogP) is -3.86. The molecule has 3 fully saturated rings. The third kappa shape index (κ3) is 7.39. The van der Waals surface area contributed by atoms with Crippen LogP contribution in [0.3, 0.4) is 0 Å². The van der Waals surface area contributed by atoms with Gasteiger partial charge >= 0.3 is 0 Å². The Kier molecular flexibility index (Phi) is 11.5. The lowest BCUT2D eigenvalue weighted by Crippen LogP contribution is -2.65. The van der Waals surface area contributed by atoms with Gasteiger partial charge in [-0.2, -0.15) is 0 Å². The molecule has 0 radical (unpaired) electrons. The molecule has 0 amide bonds. The van der Waals surface area contributed by atoms with Crippen molar-refractivity contribution in [2.24, 2.45) is 0 Å². The van der Waals surface area contributed by atoms with E-state index in [1.54, 1.807) is 0 Å². The molecule has 0 bridgehead atoms. The Morgan fingerprint density at radius 2 is 1.31 bits per heavy atom.